The van der Waals surface area contributed by atoms with Crippen LogP contribution in [0.5, 0.6) is 0 Å². The predicted octanol–water partition coefficient (Wildman–Crippen LogP) is 3.30. The molecule has 1 fully saturated rings. The van der Waals surface area contributed by atoms with Gasteiger partial charge < -0.3 is 9.47 Å². The molecule has 2 aromatic heterocycles. The highest BCUT2D eigenvalue weighted by molar-refractivity contribution is 7.10. The summed E-state index contributed by atoms with van der Waals surface area (Å²) < 4.78 is 2.14. The number of aromatic nitrogens is 2. The number of imidazole rings is 1. The van der Waals surface area contributed by atoms with Gasteiger partial charge in [0.15, 0.2) is 0 Å². The summed E-state index contributed by atoms with van der Waals surface area (Å²) in [6.45, 7) is 1.69. The van der Waals surface area contributed by atoms with Gasteiger partial charge in [-0.05, 0) is 44.1 Å². The maximum absolute atomic E-state index is 13.0. The van der Waals surface area contributed by atoms with Crippen LogP contribution in [0.1, 0.15) is 52.5 Å². The molecule has 2 aromatic rings. The molecular weight excluding hydrogens is 294 g/mol. The van der Waals surface area contributed by atoms with Gasteiger partial charge >= 0.3 is 0 Å². The van der Waals surface area contributed by atoms with Crippen molar-refractivity contribution in [1.29, 1.82) is 0 Å². The largest absolute Gasteiger partial charge is 0.337 e. The number of hydrogen-bond donors (Lipinski definition) is 0. The van der Waals surface area contributed by atoms with Crippen molar-refractivity contribution in [3.05, 3.63) is 40.1 Å². The highest BCUT2D eigenvalue weighted by atomic mass is 32.1. The average Bonchev–Trinajstić information content (AvgIpc) is 3.24. The second-order valence-electron chi connectivity index (χ2n) is 6.32. The summed E-state index contributed by atoms with van der Waals surface area (Å²) in [6, 6.07) is 0.370. The lowest BCUT2D eigenvalue weighted by Crippen LogP contribution is -2.40. The van der Waals surface area contributed by atoms with Gasteiger partial charge in [-0.15, -0.1) is 11.3 Å². The third-order valence-corrected chi connectivity index (χ3v) is 6.01. The first-order valence-corrected chi connectivity index (χ1v) is 9.07. The van der Waals surface area contributed by atoms with Crippen molar-refractivity contribution in [2.75, 3.05) is 13.1 Å². The Labute approximate surface area is 134 Å². The van der Waals surface area contributed by atoms with Crippen molar-refractivity contribution < 1.29 is 4.79 Å². The van der Waals surface area contributed by atoms with Crippen LogP contribution in [0.2, 0.25) is 0 Å². The van der Waals surface area contributed by atoms with Crippen LogP contribution in [0.25, 0.3) is 0 Å². The maximum atomic E-state index is 13.0. The Kier molecular flexibility index (Phi) is 3.74. The Morgan fingerprint density at radius 3 is 3.05 bits per heavy atom. The fourth-order valence-electron chi connectivity index (χ4n) is 3.71. The summed E-state index contributed by atoms with van der Waals surface area (Å²) in [6.07, 6.45) is 12.6. The molecule has 0 radical (unpaired) electrons. The van der Waals surface area contributed by atoms with Gasteiger partial charge in [0.25, 0.3) is 5.91 Å². The molecular formula is C17H21N3OS. The van der Waals surface area contributed by atoms with E-state index in [1.54, 1.807) is 11.3 Å². The number of likely N-dealkylation sites (tertiary alicyclic amines) is 1. The van der Waals surface area contributed by atoms with Crippen LogP contribution in [0.3, 0.4) is 0 Å². The summed E-state index contributed by atoms with van der Waals surface area (Å²) in [5.74, 6) is 0.240. The lowest BCUT2D eigenvalue weighted by atomic mass is 9.95. The Balaban J connectivity index is 1.54. The molecule has 0 spiro atoms. The van der Waals surface area contributed by atoms with E-state index in [1.165, 1.54) is 23.3 Å². The van der Waals surface area contributed by atoms with Gasteiger partial charge in [0.1, 0.15) is 0 Å². The number of carbonyl (C=O) groups excluding carboxylic acids is 1. The van der Waals surface area contributed by atoms with Gasteiger partial charge in [0.05, 0.1) is 17.9 Å². The lowest BCUT2D eigenvalue weighted by Gasteiger charge is -2.33. The Hall–Kier alpha value is -1.62. The molecule has 4 nitrogen and oxygen atoms in total. The molecule has 1 saturated heterocycles. The van der Waals surface area contributed by atoms with Crippen molar-refractivity contribution in [2.24, 2.45) is 0 Å². The number of carbonyl (C=O) groups is 1. The van der Waals surface area contributed by atoms with Crippen molar-refractivity contribution in [3.63, 3.8) is 0 Å². The Bertz CT molecular complexity index is 662. The summed E-state index contributed by atoms with van der Waals surface area (Å²) >= 11 is 1.78. The number of amides is 1. The molecule has 1 amide bonds. The highest BCUT2D eigenvalue weighted by Gasteiger charge is 2.28. The standard InChI is InChI=1S/C17H21N3OS/c21-17(15-11-22-16-6-2-1-5-14(15)16)19-8-3-4-13(10-19)20-9-7-18-12-20/h7,9,11-13H,1-6,8,10H2. The molecule has 22 heavy (non-hydrogen) atoms. The molecule has 0 bridgehead atoms. The van der Waals surface area contributed by atoms with Crippen LogP contribution in [0.4, 0.5) is 0 Å². The fourth-order valence-corrected chi connectivity index (χ4v) is 4.83. The van der Waals surface area contributed by atoms with Gasteiger partial charge in [0.2, 0.25) is 0 Å². The number of nitrogens with zero attached hydrogens (tertiary/aromatic N) is 3. The quantitative estimate of drug-likeness (QED) is 0.853. The number of fused-ring (bicyclic) bond motifs is 1. The zero-order valence-corrected chi connectivity index (χ0v) is 13.5. The molecule has 4 rings (SSSR count). The van der Waals surface area contributed by atoms with E-state index in [-0.39, 0.29) is 5.91 Å². The van der Waals surface area contributed by atoms with Crippen LogP contribution in [0, 0.1) is 0 Å². The van der Waals surface area contributed by atoms with Crippen molar-refractivity contribution in [1.82, 2.24) is 14.5 Å². The Morgan fingerprint density at radius 2 is 2.18 bits per heavy atom. The minimum atomic E-state index is 0.240. The molecule has 1 atom stereocenters. The zero-order chi connectivity index (χ0) is 14.9. The van der Waals surface area contributed by atoms with Crippen LogP contribution >= 0.6 is 11.3 Å². The summed E-state index contributed by atoms with van der Waals surface area (Å²) in [5.41, 5.74) is 2.32. The van der Waals surface area contributed by atoms with Crippen LogP contribution < -0.4 is 0 Å². The first-order chi connectivity index (χ1) is 10.8. The minimum Gasteiger partial charge on any atom is -0.337 e. The van der Waals surface area contributed by atoms with Crippen molar-refractivity contribution in [2.45, 2.75) is 44.6 Å². The number of rotatable bonds is 2. The van der Waals surface area contributed by atoms with E-state index < -0.39 is 0 Å². The van der Waals surface area contributed by atoms with Crippen LogP contribution in [0.15, 0.2) is 24.1 Å². The zero-order valence-electron chi connectivity index (χ0n) is 12.7. The molecule has 1 aliphatic carbocycles. The summed E-state index contributed by atoms with van der Waals surface area (Å²) in [4.78, 5) is 20.6. The second-order valence-corrected chi connectivity index (χ2v) is 7.28. The molecule has 5 heteroatoms. The number of hydrogen-bond acceptors (Lipinski definition) is 3. The first kappa shape index (κ1) is 14.0. The predicted molar refractivity (Wildman–Crippen MR) is 87.4 cm³/mol. The maximum Gasteiger partial charge on any atom is 0.255 e. The van der Waals surface area contributed by atoms with E-state index in [4.69, 9.17) is 0 Å². The highest BCUT2D eigenvalue weighted by Crippen LogP contribution is 2.32. The van der Waals surface area contributed by atoms with E-state index in [0.29, 0.717) is 6.04 Å². The molecule has 1 aliphatic heterocycles. The lowest BCUT2D eigenvalue weighted by molar-refractivity contribution is 0.0678. The first-order valence-electron chi connectivity index (χ1n) is 8.19. The monoisotopic (exact) mass is 315 g/mol. The van der Waals surface area contributed by atoms with E-state index >= 15 is 0 Å². The van der Waals surface area contributed by atoms with Gasteiger partial charge in [-0.1, -0.05) is 0 Å². The fraction of sp³-hybridized carbons (Fsp3) is 0.529. The van der Waals surface area contributed by atoms with Crippen molar-refractivity contribution in [3.8, 4) is 0 Å². The third-order valence-electron chi connectivity index (χ3n) is 4.92. The summed E-state index contributed by atoms with van der Waals surface area (Å²) in [5, 5.41) is 2.10. The van der Waals surface area contributed by atoms with Crippen molar-refractivity contribution >= 4 is 17.2 Å². The molecule has 0 saturated carbocycles. The number of piperidine rings is 1. The van der Waals surface area contributed by atoms with E-state index in [1.807, 2.05) is 23.6 Å². The van der Waals surface area contributed by atoms with Gasteiger partial charge in [0, 0.05) is 35.7 Å². The second kappa shape index (κ2) is 5.88. The third kappa shape index (κ3) is 2.47. The van der Waals surface area contributed by atoms with E-state index in [2.05, 4.69) is 14.9 Å². The van der Waals surface area contributed by atoms with Gasteiger partial charge in [-0.25, -0.2) is 4.98 Å². The average molecular weight is 315 g/mol. The SMILES string of the molecule is O=C(c1csc2c1CCCC2)N1CCCC(n2ccnc2)C1. The molecule has 0 N–H and O–H groups in total. The minimum absolute atomic E-state index is 0.240. The molecule has 3 heterocycles. The van der Waals surface area contributed by atoms with E-state index in [0.717, 1.165) is 44.3 Å². The smallest absolute Gasteiger partial charge is 0.255 e. The normalized spacial score (nSPS) is 21.6. The van der Waals surface area contributed by atoms with Crippen LogP contribution in [-0.2, 0) is 12.8 Å². The molecule has 0 aromatic carbocycles. The van der Waals surface area contributed by atoms with Gasteiger partial charge in [-0.2, -0.15) is 0 Å². The molecule has 1 unspecified atom stereocenters. The van der Waals surface area contributed by atoms with Gasteiger partial charge in [-0.3, -0.25) is 4.79 Å². The van der Waals surface area contributed by atoms with Crippen LogP contribution in [-0.4, -0.2) is 33.4 Å². The summed E-state index contributed by atoms with van der Waals surface area (Å²) in [7, 11) is 0. The topological polar surface area (TPSA) is 38.1 Å². The molecule has 116 valence electrons. The number of thiophene rings is 1. The Morgan fingerprint density at radius 1 is 1.27 bits per heavy atom. The molecule has 2 aliphatic rings. The number of aryl methyl sites for hydroxylation is 1. The van der Waals surface area contributed by atoms with E-state index in [9.17, 15) is 4.79 Å².